The maximum Gasteiger partial charge on any atom is 0.254 e. The van der Waals surface area contributed by atoms with E-state index in [9.17, 15) is 9.59 Å². The Morgan fingerprint density at radius 3 is 2.06 bits per heavy atom. The summed E-state index contributed by atoms with van der Waals surface area (Å²) in [5.74, 6) is -0.558. The fourth-order valence-electron chi connectivity index (χ4n) is 2.71. The fourth-order valence-corrected chi connectivity index (χ4v) is 2.71. The van der Waals surface area contributed by atoms with Crippen LogP contribution >= 0.6 is 0 Å². The highest BCUT2D eigenvalue weighted by molar-refractivity contribution is 6.05. The van der Waals surface area contributed by atoms with Crippen molar-refractivity contribution in [1.82, 2.24) is 10.0 Å². The number of rotatable bonds is 2. The van der Waals surface area contributed by atoms with E-state index in [0.717, 1.165) is 18.4 Å². The highest BCUT2D eigenvalue weighted by Gasteiger charge is 2.45. The van der Waals surface area contributed by atoms with Crippen LogP contribution in [0.5, 0.6) is 0 Å². The van der Waals surface area contributed by atoms with Gasteiger partial charge in [0.2, 0.25) is 0 Å². The Morgan fingerprint density at radius 1 is 0.944 bits per heavy atom. The molecule has 4 nitrogen and oxygen atoms in total. The van der Waals surface area contributed by atoms with Crippen LogP contribution in [0.4, 0.5) is 0 Å². The van der Waals surface area contributed by atoms with Gasteiger partial charge < -0.3 is 0 Å². The number of fused-ring (bicyclic) bond motifs is 1. The molecule has 0 spiro atoms. The molecule has 1 aromatic rings. The van der Waals surface area contributed by atoms with Gasteiger partial charge in [-0.05, 0) is 24.8 Å². The summed E-state index contributed by atoms with van der Waals surface area (Å²) in [6.45, 7) is 1.38. The molecule has 2 fully saturated rings. The predicted octanol–water partition coefficient (Wildman–Crippen LogP) is 1.22. The molecule has 3 rings (SSSR count). The van der Waals surface area contributed by atoms with E-state index in [2.05, 4.69) is 0 Å². The predicted molar refractivity (Wildman–Crippen MR) is 66.3 cm³/mol. The molecule has 18 heavy (non-hydrogen) atoms. The standard InChI is InChI=1S/C14H16N2O2/c17-13-12(10-11-6-2-1-3-7-11)14(18)16-9-5-4-8-15(13)16/h1-3,6-7,12H,4-5,8-10H2. The normalized spacial score (nSPS) is 20.4. The zero-order valence-corrected chi connectivity index (χ0v) is 10.2. The number of benzene rings is 1. The average molecular weight is 244 g/mol. The molecular weight excluding hydrogens is 228 g/mol. The number of hydrogen-bond acceptors (Lipinski definition) is 2. The lowest BCUT2D eigenvalue weighted by atomic mass is 9.99. The van der Waals surface area contributed by atoms with Crippen LogP contribution in [0.2, 0.25) is 0 Å². The average Bonchev–Trinajstić information content (AvgIpc) is 2.66. The minimum absolute atomic E-state index is 0.0245. The molecule has 2 amide bonds. The number of amides is 2. The van der Waals surface area contributed by atoms with Gasteiger partial charge in [-0.15, -0.1) is 0 Å². The summed E-state index contributed by atoms with van der Waals surface area (Å²) >= 11 is 0. The Hall–Kier alpha value is -1.84. The van der Waals surface area contributed by atoms with Crippen LogP contribution in [0.3, 0.4) is 0 Å². The topological polar surface area (TPSA) is 40.6 Å². The molecule has 2 heterocycles. The van der Waals surface area contributed by atoms with E-state index >= 15 is 0 Å². The molecule has 2 saturated heterocycles. The third kappa shape index (κ3) is 1.78. The molecule has 0 aliphatic carbocycles. The van der Waals surface area contributed by atoms with Crippen LogP contribution in [-0.2, 0) is 16.0 Å². The molecule has 0 bridgehead atoms. The Kier molecular flexibility index (Phi) is 2.78. The number of hydrazine groups is 1. The second-order valence-electron chi connectivity index (χ2n) is 4.87. The summed E-state index contributed by atoms with van der Waals surface area (Å²) < 4.78 is 0. The fraction of sp³-hybridized carbons (Fsp3) is 0.429. The van der Waals surface area contributed by atoms with Crippen LogP contribution < -0.4 is 0 Å². The van der Waals surface area contributed by atoms with Crippen LogP contribution in [0.25, 0.3) is 0 Å². The summed E-state index contributed by atoms with van der Waals surface area (Å²) in [5.41, 5.74) is 1.05. The third-order valence-electron chi connectivity index (χ3n) is 3.67. The molecule has 0 N–H and O–H groups in total. The van der Waals surface area contributed by atoms with E-state index in [-0.39, 0.29) is 11.8 Å². The molecule has 0 saturated carbocycles. The van der Waals surface area contributed by atoms with Crippen molar-refractivity contribution in [2.45, 2.75) is 19.3 Å². The SMILES string of the molecule is O=C1C(Cc2ccccc2)C(=O)N2CCCCN12. The van der Waals surface area contributed by atoms with E-state index in [1.165, 1.54) is 0 Å². The Balaban J connectivity index is 1.80. The van der Waals surface area contributed by atoms with Crippen molar-refractivity contribution in [2.24, 2.45) is 5.92 Å². The first-order chi connectivity index (χ1) is 8.77. The van der Waals surface area contributed by atoms with Gasteiger partial charge in [0.25, 0.3) is 11.8 Å². The van der Waals surface area contributed by atoms with Gasteiger partial charge in [-0.1, -0.05) is 30.3 Å². The molecule has 0 unspecified atom stereocenters. The van der Waals surface area contributed by atoms with Crippen molar-refractivity contribution in [3.05, 3.63) is 35.9 Å². The maximum absolute atomic E-state index is 12.2. The van der Waals surface area contributed by atoms with Gasteiger partial charge in [0, 0.05) is 13.1 Å². The van der Waals surface area contributed by atoms with Gasteiger partial charge in [-0.25, -0.2) is 0 Å². The Labute approximate surface area is 106 Å². The number of nitrogens with zero attached hydrogens (tertiary/aromatic N) is 2. The molecule has 4 heteroatoms. The maximum atomic E-state index is 12.2. The van der Waals surface area contributed by atoms with Gasteiger partial charge in [0.05, 0.1) is 0 Å². The summed E-state index contributed by atoms with van der Waals surface area (Å²) in [4.78, 5) is 24.4. The van der Waals surface area contributed by atoms with Crippen molar-refractivity contribution in [3.63, 3.8) is 0 Å². The van der Waals surface area contributed by atoms with Gasteiger partial charge in [-0.2, -0.15) is 0 Å². The van der Waals surface area contributed by atoms with Crippen LogP contribution in [-0.4, -0.2) is 34.9 Å². The summed E-state index contributed by atoms with van der Waals surface area (Å²) in [5, 5.41) is 3.28. The Bertz CT molecular complexity index is 448. The van der Waals surface area contributed by atoms with Crippen molar-refractivity contribution >= 4 is 11.8 Å². The van der Waals surface area contributed by atoms with E-state index in [0.29, 0.717) is 19.5 Å². The zero-order chi connectivity index (χ0) is 12.5. The first-order valence-corrected chi connectivity index (χ1v) is 6.44. The molecule has 0 atom stereocenters. The Morgan fingerprint density at radius 2 is 1.50 bits per heavy atom. The minimum Gasteiger partial charge on any atom is -0.272 e. The molecule has 1 aromatic carbocycles. The van der Waals surface area contributed by atoms with E-state index < -0.39 is 5.92 Å². The third-order valence-corrected chi connectivity index (χ3v) is 3.67. The van der Waals surface area contributed by atoms with Crippen LogP contribution in [0.15, 0.2) is 30.3 Å². The highest BCUT2D eigenvalue weighted by atomic mass is 16.2. The first kappa shape index (κ1) is 11.3. The lowest BCUT2D eigenvalue weighted by molar-refractivity contribution is -0.150. The largest absolute Gasteiger partial charge is 0.272 e. The molecular formula is C14H16N2O2. The molecule has 2 aliphatic heterocycles. The molecule has 94 valence electrons. The van der Waals surface area contributed by atoms with Gasteiger partial charge >= 0.3 is 0 Å². The highest BCUT2D eigenvalue weighted by Crippen LogP contribution is 2.26. The van der Waals surface area contributed by atoms with E-state index in [1.807, 2.05) is 30.3 Å². The van der Waals surface area contributed by atoms with Crippen LogP contribution in [0, 0.1) is 5.92 Å². The van der Waals surface area contributed by atoms with Crippen LogP contribution in [0.1, 0.15) is 18.4 Å². The van der Waals surface area contributed by atoms with Crippen molar-refractivity contribution in [3.8, 4) is 0 Å². The minimum atomic E-state index is -0.509. The summed E-state index contributed by atoms with van der Waals surface area (Å²) in [7, 11) is 0. The van der Waals surface area contributed by atoms with Gasteiger partial charge in [-0.3, -0.25) is 19.6 Å². The summed E-state index contributed by atoms with van der Waals surface area (Å²) in [6.07, 6.45) is 2.51. The number of hydrogen-bond donors (Lipinski definition) is 0. The smallest absolute Gasteiger partial charge is 0.254 e. The van der Waals surface area contributed by atoms with Crippen molar-refractivity contribution < 1.29 is 9.59 Å². The zero-order valence-electron chi connectivity index (χ0n) is 10.2. The van der Waals surface area contributed by atoms with Gasteiger partial charge in [0.15, 0.2) is 0 Å². The lowest BCUT2D eigenvalue weighted by Crippen LogP contribution is -2.45. The second kappa shape index (κ2) is 4.44. The lowest BCUT2D eigenvalue weighted by Gasteiger charge is -2.31. The van der Waals surface area contributed by atoms with Crippen molar-refractivity contribution in [1.29, 1.82) is 0 Å². The molecule has 2 aliphatic rings. The first-order valence-electron chi connectivity index (χ1n) is 6.44. The van der Waals surface area contributed by atoms with Crippen molar-refractivity contribution in [2.75, 3.05) is 13.1 Å². The monoisotopic (exact) mass is 244 g/mol. The second-order valence-corrected chi connectivity index (χ2v) is 4.87. The molecule has 0 aromatic heterocycles. The molecule has 0 radical (unpaired) electrons. The number of carbonyl (C=O) groups excluding carboxylic acids is 2. The quantitative estimate of drug-likeness (QED) is 0.734. The number of carbonyl (C=O) groups is 2. The van der Waals surface area contributed by atoms with Gasteiger partial charge in [0.1, 0.15) is 5.92 Å². The van der Waals surface area contributed by atoms with E-state index in [1.54, 1.807) is 10.0 Å². The summed E-state index contributed by atoms with van der Waals surface area (Å²) in [6, 6.07) is 9.74. The van der Waals surface area contributed by atoms with E-state index in [4.69, 9.17) is 0 Å².